The highest BCUT2D eigenvalue weighted by Crippen LogP contribution is 2.66. The van der Waals surface area contributed by atoms with Crippen LogP contribution in [0.1, 0.15) is 22.3 Å². The first-order valence-electron chi connectivity index (χ1n) is 21.8. The van der Waals surface area contributed by atoms with E-state index in [1.54, 1.807) is 0 Å². The van der Waals surface area contributed by atoms with E-state index in [0.29, 0.717) is 0 Å². The Kier molecular flexibility index (Phi) is 6.38. The van der Waals surface area contributed by atoms with Crippen molar-refractivity contribution < 1.29 is 8.83 Å². The van der Waals surface area contributed by atoms with Crippen molar-refractivity contribution in [2.75, 3.05) is 0 Å². The number of benzene rings is 11. The average molecular weight is 799 g/mol. The molecule has 0 bridgehead atoms. The smallest absolute Gasteiger partial charge is 0.136 e. The zero-order chi connectivity index (χ0) is 41.0. The normalized spacial score (nSPS) is 13.5. The van der Waals surface area contributed by atoms with Gasteiger partial charge in [0.2, 0.25) is 0 Å². The minimum atomic E-state index is -0.559. The predicted octanol–water partition coefficient (Wildman–Crippen LogP) is 16.6. The highest BCUT2D eigenvalue weighted by atomic mass is 16.3. The van der Waals surface area contributed by atoms with Crippen molar-refractivity contribution in [2.24, 2.45) is 0 Å². The highest BCUT2D eigenvalue weighted by Gasteiger charge is 2.53. The van der Waals surface area contributed by atoms with Crippen molar-refractivity contribution in [3.63, 3.8) is 0 Å². The topological polar surface area (TPSA) is 26.3 Å². The zero-order valence-electron chi connectivity index (χ0n) is 33.9. The quantitative estimate of drug-likeness (QED) is 0.174. The summed E-state index contributed by atoms with van der Waals surface area (Å²) in [6.07, 6.45) is 0. The first-order chi connectivity index (χ1) is 31.2. The lowest BCUT2D eigenvalue weighted by Crippen LogP contribution is -2.26. The standard InChI is InChI=1S/C61H34O2/c1-3-13-37-31-57-50(27-35(37)11-1)46-24-21-40(33-55(46)62-57)39-22-26-48-54(30-39)61(52-19-9-7-17-44(52)45-18-8-10-20-53(45)61)60-43-16-6-5-15-41(43)29-49(59(48)60)42-23-25-47-51-28-36-12-2-4-14-38(36)32-58(51)63-56(47)34-42/h1-34H. The summed E-state index contributed by atoms with van der Waals surface area (Å²) in [4.78, 5) is 0. The van der Waals surface area contributed by atoms with Crippen LogP contribution in [0.25, 0.3) is 121 Å². The van der Waals surface area contributed by atoms with E-state index in [0.717, 1.165) is 60.6 Å². The molecule has 2 aromatic heterocycles. The van der Waals surface area contributed by atoms with E-state index in [4.69, 9.17) is 8.83 Å². The van der Waals surface area contributed by atoms with Gasteiger partial charge in [0.1, 0.15) is 22.3 Å². The summed E-state index contributed by atoms with van der Waals surface area (Å²) in [7, 11) is 0. The van der Waals surface area contributed by atoms with Crippen LogP contribution in [0.15, 0.2) is 215 Å². The third-order valence-electron chi connectivity index (χ3n) is 14.4. The summed E-state index contributed by atoms with van der Waals surface area (Å²) in [6, 6.07) is 76.3. The van der Waals surface area contributed by atoms with Crippen molar-refractivity contribution in [2.45, 2.75) is 5.41 Å². The Hall–Kier alpha value is -8.20. The Balaban J connectivity index is 1.01. The average Bonchev–Trinajstić information content (AvgIpc) is 4.06. The SMILES string of the molecule is c1ccc2c(c1)-c1ccccc1C21c2cc(-c3ccc4c(c3)oc3cc5ccccc5cc34)ccc2-c2c(-c3ccc4c(c3)oc3cc5ccccc5cc34)cc3ccccc3c21. The molecule has 290 valence electrons. The first-order valence-corrected chi connectivity index (χ1v) is 21.8. The van der Waals surface area contributed by atoms with E-state index >= 15 is 0 Å². The van der Waals surface area contributed by atoms with Crippen molar-refractivity contribution in [1.29, 1.82) is 0 Å². The minimum Gasteiger partial charge on any atom is -0.456 e. The third-order valence-corrected chi connectivity index (χ3v) is 14.4. The van der Waals surface area contributed by atoms with E-state index in [9.17, 15) is 0 Å². The largest absolute Gasteiger partial charge is 0.456 e. The van der Waals surface area contributed by atoms with E-state index < -0.39 is 5.41 Å². The van der Waals surface area contributed by atoms with Crippen LogP contribution in [-0.4, -0.2) is 0 Å². The van der Waals surface area contributed by atoms with Crippen LogP contribution in [0.4, 0.5) is 0 Å². The zero-order valence-corrected chi connectivity index (χ0v) is 33.9. The van der Waals surface area contributed by atoms with Gasteiger partial charge >= 0.3 is 0 Å². The van der Waals surface area contributed by atoms with Gasteiger partial charge in [-0.25, -0.2) is 0 Å². The maximum atomic E-state index is 6.71. The molecule has 0 aliphatic heterocycles. The van der Waals surface area contributed by atoms with Crippen molar-refractivity contribution >= 4 is 76.2 Å². The van der Waals surface area contributed by atoms with Gasteiger partial charge in [0.25, 0.3) is 0 Å². The number of rotatable bonds is 2. The molecule has 0 radical (unpaired) electrons. The second-order valence-electron chi connectivity index (χ2n) is 17.5. The predicted molar refractivity (Wildman–Crippen MR) is 261 cm³/mol. The molecule has 13 aromatic rings. The Labute approximate surface area is 361 Å². The molecule has 0 N–H and O–H groups in total. The molecule has 2 heterocycles. The van der Waals surface area contributed by atoms with Gasteiger partial charge < -0.3 is 8.83 Å². The second-order valence-corrected chi connectivity index (χ2v) is 17.5. The fraction of sp³-hybridized carbons (Fsp3) is 0.0164. The molecule has 2 aliphatic rings. The van der Waals surface area contributed by atoms with Gasteiger partial charge in [-0.05, 0) is 160 Å². The van der Waals surface area contributed by atoms with Crippen LogP contribution >= 0.6 is 0 Å². The molecule has 0 unspecified atom stereocenters. The summed E-state index contributed by atoms with van der Waals surface area (Å²) in [6.45, 7) is 0. The van der Waals surface area contributed by atoms with Crippen molar-refractivity contribution in [3.8, 4) is 44.5 Å². The van der Waals surface area contributed by atoms with Gasteiger partial charge in [0.05, 0.1) is 5.41 Å². The molecule has 0 saturated heterocycles. The molecule has 2 aliphatic carbocycles. The lowest BCUT2D eigenvalue weighted by atomic mass is 9.69. The monoisotopic (exact) mass is 798 g/mol. The fourth-order valence-corrected chi connectivity index (χ4v) is 11.7. The van der Waals surface area contributed by atoms with Gasteiger partial charge in [0, 0.05) is 21.5 Å². The summed E-state index contributed by atoms with van der Waals surface area (Å²) < 4.78 is 13.3. The number of hydrogen-bond acceptors (Lipinski definition) is 2. The molecule has 2 nitrogen and oxygen atoms in total. The number of fused-ring (bicyclic) bond motifs is 20. The molecule has 0 fully saturated rings. The van der Waals surface area contributed by atoms with Gasteiger partial charge in [-0.2, -0.15) is 0 Å². The molecule has 11 aromatic carbocycles. The van der Waals surface area contributed by atoms with Crippen LogP contribution in [-0.2, 0) is 5.41 Å². The maximum Gasteiger partial charge on any atom is 0.136 e. The van der Waals surface area contributed by atoms with E-state index in [1.807, 2.05) is 0 Å². The van der Waals surface area contributed by atoms with Gasteiger partial charge in [-0.15, -0.1) is 0 Å². The van der Waals surface area contributed by atoms with Crippen LogP contribution in [0.3, 0.4) is 0 Å². The van der Waals surface area contributed by atoms with E-state index in [-0.39, 0.29) is 0 Å². The Morgan fingerprint density at radius 1 is 0.270 bits per heavy atom. The van der Waals surface area contributed by atoms with Gasteiger partial charge in [-0.3, -0.25) is 0 Å². The van der Waals surface area contributed by atoms with Crippen molar-refractivity contribution in [1.82, 2.24) is 0 Å². The Morgan fingerprint density at radius 2 is 0.746 bits per heavy atom. The Bertz CT molecular complexity index is 4110. The molecule has 15 rings (SSSR count). The van der Waals surface area contributed by atoms with Gasteiger partial charge in [0.15, 0.2) is 0 Å². The molecule has 0 atom stereocenters. The van der Waals surface area contributed by atoms with Crippen LogP contribution in [0.5, 0.6) is 0 Å². The molecular formula is C61H34O2. The van der Waals surface area contributed by atoms with Crippen LogP contribution < -0.4 is 0 Å². The second kappa shape index (κ2) is 12.0. The first kappa shape index (κ1) is 33.5. The summed E-state index contributed by atoms with van der Waals surface area (Å²) in [5.41, 5.74) is 18.1. The molecule has 2 heteroatoms. The van der Waals surface area contributed by atoms with Gasteiger partial charge in [-0.1, -0.05) is 146 Å². The lowest BCUT2D eigenvalue weighted by molar-refractivity contribution is 0.669. The van der Waals surface area contributed by atoms with Crippen LogP contribution in [0.2, 0.25) is 0 Å². The van der Waals surface area contributed by atoms with E-state index in [2.05, 4.69) is 206 Å². The summed E-state index contributed by atoms with van der Waals surface area (Å²) >= 11 is 0. The highest BCUT2D eigenvalue weighted by molar-refractivity contribution is 6.14. The molecule has 0 saturated carbocycles. The minimum absolute atomic E-state index is 0.559. The lowest BCUT2D eigenvalue weighted by Gasteiger charge is -2.32. The number of furan rings is 2. The fourth-order valence-electron chi connectivity index (χ4n) is 11.7. The molecule has 63 heavy (non-hydrogen) atoms. The molecule has 0 amide bonds. The van der Waals surface area contributed by atoms with Crippen LogP contribution in [0, 0.1) is 0 Å². The van der Waals surface area contributed by atoms with Crippen molar-refractivity contribution in [3.05, 3.63) is 229 Å². The summed E-state index contributed by atoms with van der Waals surface area (Å²) in [5.74, 6) is 0. The van der Waals surface area contributed by atoms with E-state index in [1.165, 1.54) is 82.4 Å². The molecule has 1 spiro atoms. The molecular weight excluding hydrogens is 765 g/mol. The Morgan fingerprint density at radius 3 is 1.38 bits per heavy atom. The summed E-state index contributed by atoms with van der Waals surface area (Å²) in [5, 5.41) is 11.8. The maximum absolute atomic E-state index is 6.71. The number of hydrogen-bond donors (Lipinski definition) is 0. The third kappa shape index (κ3) is 4.37.